The molecule has 2 aromatic carbocycles. The van der Waals surface area contributed by atoms with Crippen LogP contribution < -0.4 is 0 Å². The first kappa shape index (κ1) is 15.9. The van der Waals surface area contributed by atoms with Gasteiger partial charge in [-0.15, -0.1) is 0 Å². The largest absolute Gasteiger partial charge is 0.456 e. The van der Waals surface area contributed by atoms with Gasteiger partial charge in [-0.25, -0.2) is 4.79 Å². The van der Waals surface area contributed by atoms with E-state index in [9.17, 15) is 4.79 Å². The molecule has 2 rings (SSSR count). The molecule has 0 saturated carbocycles. The van der Waals surface area contributed by atoms with Gasteiger partial charge in [-0.3, -0.25) is 0 Å². The molecule has 0 aliphatic heterocycles. The zero-order valence-corrected chi connectivity index (χ0v) is 13.4. The van der Waals surface area contributed by atoms with Crippen LogP contribution in [0, 0.1) is 18.8 Å². The second-order valence-corrected chi connectivity index (χ2v) is 6.12. The van der Waals surface area contributed by atoms with Crippen molar-refractivity contribution in [1.29, 1.82) is 0 Å². The second kappa shape index (κ2) is 6.49. The van der Waals surface area contributed by atoms with Gasteiger partial charge in [-0.05, 0) is 51.5 Å². The van der Waals surface area contributed by atoms with Crippen molar-refractivity contribution in [2.75, 3.05) is 0 Å². The fraction of sp³-hybridized carbons (Fsp3) is 0.250. The lowest BCUT2D eigenvalue weighted by Gasteiger charge is -2.20. The molecule has 0 aliphatic rings. The Morgan fingerprint density at radius 3 is 2.27 bits per heavy atom. The first-order chi connectivity index (χ1) is 10.4. The second-order valence-electron chi connectivity index (χ2n) is 6.12. The van der Waals surface area contributed by atoms with E-state index in [1.165, 1.54) is 0 Å². The van der Waals surface area contributed by atoms with Gasteiger partial charge in [0.05, 0.1) is 5.56 Å². The summed E-state index contributed by atoms with van der Waals surface area (Å²) in [5.74, 6) is 5.88. The van der Waals surface area contributed by atoms with Crippen LogP contribution in [0.4, 0.5) is 0 Å². The van der Waals surface area contributed by atoms with Crippen LogP contribution in [0.2, 0.25) is 0 Å². The van der Waals surface area contributed by atoms with Gasteiger partial charge in [-0.2, -0.15) is 0 Å². The lowest BCUT2D eigenvalue weighted by atomic mass is 10.0. The van der Waals surface area contributed by atoms with Crippen LogP contribution in [0.25, 0.3) is 0 Å². The van der Waals surface area contributed by atoms with Gasteiger partial charge >= 0.3 is 5.97 Å². The number of rotatable bonds is 1. The minimum Gasteiger partial charge on any atom is -0.456 e. The van der Waals surface area contributed by atoms with Crippen molar-refractivity contribution in [3.05, 3.63) is 70.8 Å². The highest BCUT2D eigenvalue weighted by Gasteiger charge is 2.20. The Kier molecular flexibility index (Phi) is 4.68. The summed E-state index contributed by atoms with van der Waals surface area (Å²) < 4.78 is 5.46. The average Bonchev–Trinajstić information content (AvgIpc) is 2.45. The summed E-state index contributed by atoms with van der Waals surface area (Å²) in [6, 6.07) is 15.3. The highest BCUT2D eigenvalue weighted by Crippen LogP contribution is 2.18. The normalized spacial score (nSPS) is 10.5. The van der Waals surface area contributed by atoms with Crippen molar-refractivity contribution >= 4 is 5.97 Å². The van der Waals surface area contributed by atoms with Gasteiger partial charge < -0.3 is 4.74 Å². The molecule has 2 heteroatoms. The predicted molar refractivity (Wildman–Crippen MR) is 88.8 cm³/mol. The number of carbonyl (C=O) groups excluding carboxylic acids is 1. The molecule has 0 aromatic heterocycles. The minimum atomic E-state index is -0.523. The average molecular weight is 292 g/mol. The van der Waals surface area contributed by atoms with Gasteiger partial charge in [0.2, 0.25) is 0 Å². The topological polar surface area (TPSA) is 26.3 Å². The third-order valence-electron chi connectivity index (χ3n) is 3.00. The summed E-state index contributed by atoms with van der Waals surface area (Å²) in [4.78, 5) is 12.4. The summed E-state index contributed by atoms with van der Waals surface area (Å²) >= 11 is 0. The molecule has 0 unspecified atom stereocenters. The van der Waals surface area contributed by atoms with Gasteiger partial charge in [-0.1, -0.05) is 42.2 Å². The van der Waals surface area contributed by atoms with Crippen LogP contribution in [0.3, 0.4) is 0 Å². The fourth-order valence-electron chi connectivity index (χ4n) is 1.99. The number of carbonyl (C=O) groups is 1. The van der Waals surface area contributed by atoms with Gasteiger partial charge in [0, 0.05) is 11.1 Å². The van der Waals surface area contributed by atoms with Crippen LogP contribution in [0.15, 0.2) is 48.5 Å². The molecule has 0 bridgehead atoms. The highest BCUT2D eigenvalue weighted by atomic mass is 16.6. The lowest BCUT2D eigenvalue weighted by molar-refractivity contribution is 0.00691. The maximum atomic E-state index is 12.4. The predicted octanol–water partition coefficient (Wildman–Crippen LogP) is 4.35. The molecule has 112 valence electrons. The quantitative estimate of drug-likeness (QED) is 0.577. The molecule has 22 heavy (non-hydrogen) atoms. The van der Waals surface area contributed by atoms with Gasteiger partial charge in [0.25, 0.3) is 0 Å². The molecular formula is C20H20O2. The van der Waals surface area contributed by atoms with Crippen molar-refractivity contribution < 1.29 is 9.53 Å². The molecule has 0 spiro atoms. The molecule has 0 N–H and O–H groups in total. The van der Waals surface area contributed by atoms with Crippen molar-refractivity contribution in [3.8, 4) is 11.8 Å². The Labute approximate surface area is 132 Å². The van der Waals surface area contributed by atoms with E-state index in [1.807, 2.05) is 70.2 Å². The molecule has 2 nitrogen and oxygen atoms in total. The number of aryl methyl sites for hydroxylation is 1. The molecule has 0 amide bonds. The number of benzene rings is 2. The summed E-state index contributed by atoms with van der Waals surface area (Å²) in [5.41, 5.74) is 2.59. The zero-order chi connectivity index (χ0) is 16.2. The first-order valence-corrected chi connectivity index (χ1v) is 7.27. The van der Waals surface area contributed by atoms with E-state index in [1.54, 1.807) is 6.07 Å². The summed E-state index contributed by atoms with van der Waals surface area (Å²) in [6.45, 7) is 7.52. The third-order valence-corrected chi connectivity index (χ3v) is 3.00. The van der Waals surface area contributed by atoms with Crippen molar-refractivity contribution in [2.45, 2.75) is 33.3 Å². The van der Waals surface area contributed by atoms with E-state index in [-0.39, 0.29) is 5.97 Å². The standard InChI is InChI=1S/C20H20O2/c1-15-9-8-12-18(19(21)22-20(2,3)4)17(15)14-13-16-10-6-5-7-11-16/h5-12H,1-4H3. The van der Waals surface area contributed by atoms with E-state index in [0.29, 0.717) is 5.56 Å². The zero-order valence-electron chi connectivity index (χ0n) is 13.4. The Morgan fingerprint density at radius 2 is 1.64 bits per heavy atom. The molecule has 0 radical (unpaired) electrons. The highest BCUT2D eigenvalue weighted by molar-refractivity contribution is 5.93. The molecule has 0 saturated heterocycles. The molecule has 2 aromatic rings. The number of ether oxygens (including phenoxy) is 1. The Morgan fingerprint density at radius 1 is 0.955 bits per heavy atom. The fourth-order valence-corrected chi connectivity index (χ4v) is 1.99. The molecule has 0 heterocycles. The number of esters is 1. The van der Waals surface area contributed by atoms with E-state index in [0.717, 1.165) is 16.7 Å². The van der Waals surface area contributed by atoms with Crippen molar-refractivity contribution in [2.24, 2.45) is 0 Å². The molecular weight excluding hydrogens is 272 g/mol. The van der Waals surface area contributed by atoms with E-state index >= 15 is 0 Å². The SMILES string of the molecule is Cc1cccc(C(=O)OC(C)(C)C)c1C#Cc1ccccc1. The lowest BCUT2D eigenvalue weighted by Crippen LogP contribution is -2.24. The summed E-state index contributed by atoms with van der Waals surface area (Å²) in [5, 5.41) is 0. The Bertz CT molecular complexity index is 726. The first-order valence-electron chi connectivity index (χ1n) is 7.27. The Hall–Kier alpha value is -2.53. The summed E-state index contributed by atoms with van der Waals surface area (Å²) in [7, 11) is 0. The summed E-state index contributed by atoms with van der Waals surface area (Å²) in [6.07, 6.45) is 0. The Balaban J connectivity index is 2.40. The molecule has 0 atom stereocenters. The van der Waals surface area contributed by atoms with Crippen molar-refractivity contribution in [3.63, 3.8) is 0 Å². The van der Waals surface area contributed by atoms with Gasteiger partial charge in [0.1, 0.15) is 5.60 Å². The third kappa shape index (κ3) is 4.23. The van der Waals surface area contributed by atoms with Gasteiger partial charge in [0.15, 0.2) is 0 Å². The minimum absolute atomic E-state index is 0.339. The van der Waals surface area contributed by atoms with E-state index in [2.05, 4.69) is 11.8 Å². The van der Waals surface area contributed by atoms with Crippen LogP contribution in [0.5, 0.6) is 0 Å². The molecule has 0 fully saturated rings. The maximum Gasteiger partial charge on any atom is 0.339 e. The van der Waals surface area contributed by atoms with E-state index in [4.69, 9.17) is 4.74 Å². The molecule has 0 aliphatic carbocycles. The smallest absolute Gasteiger partial charge is 0.339 e. The monoisotopic (exact) mass is 292 g/mol. The maximum absolute atomic E-state index is 12.4. The number of hydrogen-bond acceptors (Lipinski definition) is 2. The van der Waals surface area contributed by atoms with Crippen LogP contribution >= 0.6 is 0 Å². The van der Waals surface area contributed by atoms with E-state index < -0.39 is 5.60 Å². The van der Waals surface area contributed by atoms with Crippen LogP contribution in [-0.4, -0.2) is 11.6 Å². The number of hydrogen-bond donors (Lipinski definition) is 0. The van der Waals surface area contributed by atoms with Crippen molar-refractivity contribution in [1.82, 2.24) is 0 Å². The van der Waals surface area contributed by atoms with Crippen LogP contribution in [0.1, 0.15) is 47.8 Å². The van der Waals surface area contributed by atoms with Crippen LogP contribution in [-0.2, 0) is 4.74 Å².